The third-order valence-electron chi connectivity index (χ3n) is 7.37. The summed E-state index contributed by atoms with van der Waals surface area (Å²) in [6.45, 7) is 3.11. The molecular formula is C30H32N6O4. The maximum atomic E-state index is 12.6. The van der Waals surface area contributed by atoms with Gasteiger partial charge in [-0.1, -0.05) is 30.3 Å². The van der Waals surface area contributed by atoms with Crippen molar-refractivity contribution in [2.45, 2.75) is 37.8 Å². The SMILES string of the molecule is CCOc1cc(-c2ccc(N3CCC(Cc4ccccc4)(NC(=O)C(O)CO)CC3)nc2)c2c(C#N)cnn2c1. The van der Waals surface area contributed by atoms with E-state index in [1.54, 1.807) is 23.1 Å². The van der Waals surface area contributed by atoms with Crippen molar-refractivity contribution in [1.82, 2.24) is 19.9 Å². The summed E-state index contributed by atoms with van der Waals surface area (Å²) in [5.74, 6) is 0.900. The first-order valence-corrected chi connectivity index (χ1v) is 13.4. The van der Waals surface area contributed by atoms with Crippen molar-refractivity contribution in [2.24, 2.45) is 0 Å². The smallest absolute Gasteiger partial charge is 0.251 e. The Hall–Kier alpha value is -4.46. The van der Waals surface area contributed by atoms with Crippen LogP contribution < -0.4 is 15.0 Å². The lowest BCUT2D eigenvalue weighted by Gasteiger charge is -2.43. The molecule has 1 unspecified atom stereocenters. The number of amides is 1. The van der Waals surface area contributed by atoms with Gasteiger partial charge in [-0.3, -0.25) is 4.79 Å². The predicted octanol–water partition coefficient (Wildman–Crippen LogP) is 2.72. The molecule has 1 atom stereocenters. The topological polar surface area (TPSA) is 136 Å². The number of fused-ring (bicyclic) bond motifs is 1. The van der Waals surface area contributed by atoms with Crippen LogP contribution in [0.3, 0.4) is 0 Å². The molecule has 4 heterocycles. The van der Waals surface area contributed by atoms with E-state index < -0.39 is 24.2 Å². The Morgan fingerprint density at radius 1 is 1.20 bits per heavy atom. The number of aromatic nitrogens is 3. The molecule has 3 N–H and O–H groups in total. The number of aliphatic hydroxyl groups excluding tert-OH is 2. The zero-order valence-corrected chi connectivity index (χ0v) is 22.3. The summed E-state index contributed by atoms with van der Waals surface area (Å²) < 4.78 is 7.38. The van der Waals surface area contributed by atoms with E-state index >= 15 is 0 Å². The maximum absolute atomic E-state index is 12.6. The zero-order valence-electron chi connectivity index (χ0n) is 22.3. The number of hydrogen-bond donors (Lipinski definition) is 3. The van der Waals surface area contributed by atoms with E-state index in [4.69, 9.17) is 9.72 Å². The number of anilines is 1. The van der Waals surface area contributed by atoms with Crippen LogP contribution >= 0.6 is 0 Å². The highest BCUT2D eigenvalue weighted by atomic mass is 16.5. The van der Waals surface area contributed by atoms with Crippen LogP contribution in [0, 0.1) is 11.3 Å². The molecule has 1 aliphatic rings. The second-order valence-electron chi connectivity index (χ2n) is 10.0. The third kappa shape index (κ3) is 5.61. The number of ether oxygens (including phenoxy) is 1. The fraction of sp³-hybridized carbons (Fsp3) is 0.333. The lowest BCUT2D eigenvalue weighted by Crippen LogP contribution is -2.59. The van der Waals surface area contributed by atoms with Gasteiger partial charge in [-0.15, -0.1) is 0 Å². The first-order valence-electron chi connectivity index (χ1n) is 13.4. The minimum atomic E-state index is -1.45. The number of nitrogens with one attached hydrogen (secondary N) is 1. The van der Waals surface area contributed by atoms with Gasteiger partial charge in [0.05, 0.1) is 36.7 Å². The highest BCUT2D eigenvalue weighted by Gasteiger charge is 2.37. The van der Waals surface area contributed by atoms with Gasteiger partial charge in [0.1, 0.15) is 17.6 Å². The number of aliphatic hydroxyl groups is 2. The van der Waals surface area contributed by atoms with E-state index in [-0.39, 0.29) is 0 Å². The second kappa shape index (κ2) is 11.7. The molecule has 10 heteroatoms. The lowest BCUT2D eigenvalue weighted by atomic mass is 9.81. The Morgan fingerprint density at radius 2 is 1.98 bits per heavy atom. The summed E-state index contributed by atoms with van der Waals surface area (Å²) in [7, 11) is 0. The molecule has 0 bridgehead atoms. The number of rotatable bonds is 9. The van der Waals surface area contributed by atoms with Crippen molar-refractivity contribution < 1.29 is 19.7 Å². The Labute approximate surface area is 232 Å². The van der Waals surface area contributed by atoms with Crippen LogP contribution in [0.1, 0.15) is 30.9 Å². The molecule has 1 saturated heterocycles. The van der Waals surface area contributed by atoms with Gasteiger partial charge in [-0.25, -0.2) is 9.50 Å². The second-order valence-corrected chi connectivity index (χ2v) is 10.0. The average Bonchev–Trinajstić information content (AvgIpc) is 3.40. The van der Waals surface area contributed by atoms with Gasteiger partial charge in [-0.2, -0.15) is 10.4 Å². The van der Waals surface area contributed by atoms with Crippen LogP contribution in [0.25, 0.3) is 16.6 Å². The highest BCUT2D eigenvalue weighted by Crippen LogP contribution is 2.33. The number of carbonyl (C=O) groups is 1. The fourth-order valence-corrected chi connectivity index (χ4v) is 5.30. The Bertz CT molecular complexity index is 1510. The molecule has 1 fully saturated rings. The van der Waals surface area contributed by atoms with E-state index in [0.717, 1.165) is 22.5 Å². The maximum Gasteiger partial charge on any atom is 0.251 e. The van der Waals surface area contributed by atoms with Gasteiger partial charge in [0.2, 0.25) is 0 Å². The number of carbonyl (C=O) groups excluding carboxylic acids is 1. The molecule has 0 radical (unpaired) electrons. The van der Waals surface area contributed by atoms with Gasteiger partial charge >= 0.3 is 0 Å². The number of hydrogen-bond acceptors (Lipinski definition) is 8. The predicted molar refractivity (Wildman–Crippen MR) is 150 cm³/mol. The molecule has 0 aliphatic carbocycles. The third-order valence-corrected chi connectivity index (χ3v) is 7.37. The molecule has 40 heavy (non-hydrogen) atoms. The summed E-state index contributed by atoms with van der Waals surface area (Å²) >= 11 is 0. The number of nitriles is 1. The summed E-state index contributed by atoms with van der Waals surface area (Å²) in [5.41, 5.74) is 3.37. The van der Waals surface area contributed by atoms with Crippen molar-refractivity contribution in [2.75, 3.05) is 31.2 Å². The molecule has 4 aromatic rings. The van der Waals surface area contributed by atoms with E-state index in [2.05, 4.69) is 21.4 Å². The monoisotopic (exact) mass is 540 g/mol. The van der Waals surface area contributed by atoms with Gasteiger partial charge in [0.25, 0.3) is 5.91 Å². The number of benzene rings is 1. The van der Waals surface area contributed by atoms with E-state index in [9.17, 15) is 20.3 Å². The zero-order chi connectivity index (χ0) is 28.1. The quantitative estimate of drug-likeness (QED) is 0.295. The number of piperidine rings is 1. The minimum absolute atomic E-state index is 0.473. The van der Waals surface area contributed by atoms with Crippen molar-refractivity contribution >= 4 is 17.2 Å². The average molecular weight is 541 g/mol. The summed E-state index contributed by atoms with van der Waals surface area (Å²) in [6, 6.07) is 18.0. The standard InChI is InChI=1S/C30H32N6O4/c1-2-40-24-14-25(28-23(16-31)18-33-36(28)19-24)22-8-9-27(32-17-22)35-12-10-30(11-13-35,34-29(39)26(38)20-37)15-21-6-4-3-5-7-21/h3-9,14,17-19,26,37-38H,2,10-13,15,20H2,1H3,(H,34,39). The van der Waals surface area contributed by atoms with E-state index in [0.29, 0.717) is 55.8 Å². The Balaban J connectivity index is 1.37. The molecule has 1 amide bonds. The molecule has 1 aromatic carbocycles. The molecular weight excluding hydrogens is 508 g/mol. The fourth-order valence-electron chi connectivity index (χ4n) is 5.30. The van der Waals surface area contributed by atoms with Crippen LogP contribution in [-0.4, -0.2) is 68.7 Å². The molecule has 10 nitrogen and oxygen atoms in total. The van der Waals surface area contributed by atoms with Crippen molar-refractivity contribution in [3.05, 3.63) is 78.2 Å². The molecule has 5 rings (SSSR count). The molecule has 0 saturated carbocycles. The molecule has 1 aliphatic heterocycles. The van der Waals surface area contributed by atoms with Crippen LogP contribution in [0.15, 0.2) is 67.1 Å². The minimum Gasteiger partial charge on any atom is -0.492 e. The largest absolute Gasteiger partial charge is 0.492 e. The van der Waals surface area contributed by atoms with Crippen molar-refractivity contribution in [3.63, 3.8) is 0 Å². The summed E-state index contributed by atoms with van der Waals surface area (Å²) in [5, 5.41) is 36.1. The summed E-state index contributed by atoms with van der Waals surface area (Å²) in [4.78, 5) is 19.5. The first kappa shape index (κ1) is 27.1. The number of pyridine rings is 2. The van der Waals surface area contributed by atoms with Crippen LogP contribution in [0.4, 0.5) is 5.82 Å². The van der Waals surface area contributed by atoms with Crippen molar-refractivity contribution in [3.8, 4) is 22.9 Å². The summed E-state index contributed by atoms with van der Waals surface area (Å²) in [6.07, 6.45) is 5.56. The Kier molecular flexibility index (Phi) is 7.96. The van der Waals surface area contributed by atoms with E-state index in [1.807, 2.05) is 55.5 Å². The molecule has 206 valence electrons. The van der Waals surface area contributed by atoms with Gasteiger partial charge in [0, 0.05) is 36.0 Å². The lowest BCUT2D eigenvalue weighted by molar-refractivity contribution is -0.133. The molecule has 3 aromatic heterocycles. The molecule has 0 spiro atoms. The van der Waals surface area contributed by atoms with Gasteiger partial charge in [-0.05, 0) is 49.9 Å². The van der Waals surface area contributed by atoms with Crippen molar-refractivity contribution in [1.29, 1.82) is 5.26 Å². The Morgan fingerprint density at radius 3 is 2.62 bits per heavy atom. The van der Waals surface area contributed by atoms with Gasteiger partial charge in [0.15, 0.2) is 6.10 Å². The van der Waals surface area contributed by atoms with Crippen LogP contribution in [-0.2, 0) is 11.2 Å². The van der Waals surface area contributed by atoms with Gasteiger partial charge < -0.3 is 25.2 Å². The van der Waals surface area contributed by atoms with E-state index in [1.165, 1.54) is 0 Å². The van der Waals surface area contributed by atoms with Crippen LogP contribution in [0.5, 0.6) is 5.75 Å². The highest BCUT2D eigenvalue weighted by molar-refractivity contribution is 5.85. The first-order chi connectivity index (χ1) is 19.4. The van der Waals surface area contributed by atoms with Crippen LogP contribution in [0.2, 0.25) is 0 Å². The normalized spacial score (nSPS) is 15.4. The number of nitrogens with zero attached hydrogens (tertiary/aromatic N) is 5.